The average molecular weight is 374 g/mol. The molecule has 0 aliphatic carbocycles. The highest BCUT2D eigenvalue weighted by Gasteiger charge is 2.23. The van der Waals surface area contributed by atoms with Crippen LogP contribution in [-0.2, 0) is 9.53 Å². The van der Waals surface area contributed by atoms with Gasteiger partial charge in [0.05, 0.1) is 12.2 Å². The lowest BCUT2D eigenvalue weighted by Crippen LogP contribution is -2.20. The van der Waals surface area contributed by atoms with Crippen molar-refractivity contribution in [1.82, 2.24) is 0 Å². The minimum absolute atomic E-state index is 0.0937. The molecule has 0 aliphatic heterocycles. The molecule has 140 valence electrons. The fourth-order valence-corrected chi connectivity index (χ4v) is 3.78. The van der Waals surface area contributed by atoms with E-state index in [1.54, 1.807) is 6.92 Å². The van der Waals surface area contributed by atoms with Crippen LogP contribution in [0.25, 0.3) is 0 Å². The molecule has 0 aliphatic rings. The molecule has 0 saturated carbocycles. The summed E-state index contributed by atoms with van der Waals surface area (Å²) in [5, 5.41) is 3.48. The third kappa shape index (κ3) is 5.43. The quantitative estimate of drug-likeness (QED) is 0.685. The van der Waals surface area contributed by atoms with Crippen LogP contribution in [0.15, 0.2) is 36.4 Å². The third-order valence-corrected chi connectivity index (χ3v) is 5.15. The maximum absolute atomic E-state index is 12.4. The Morgan fingerprint density at radius 3 is 2.42 bits per heavy atom. The fraction of sp³-hybridized carbons (Fsp3) is 0.429. The first kappa shape index (κ1) is 20.2. The third-order valence-electron chi connectivity index (χ3n) is 3.92. The van der Waals surface area contributed by atoms with Gasteiger partial charge in [-0.3, -0.25) is 4.79 Å². The number of nitrogens with one attached hydrogen (secondary N) is 1. The summed E-state index contributed by atoms with van der Waals surface area (Å²) in [6, 6.07) is 11.9. The van der Waals surface area contributed by atoms with Gasteiger partial charge >= 0.3 is 5.97 Å². The Morgan fingerprint density at radius 2 is 1.85 bits per heavy atom. The van der Waals surface area contributed by atoms with E-state index in [9.17, 15) is 9.59 Å². The van der Waals surface area contributed by atoms with Crippen LogP contribution in [0.3, 0.4) is 0 Å². The summed E-state index contributed by atoms with van der Waals surface area (Å²) in [6.45, 7) is 10.2. The molecule has 0 radical (unpaired) electrons. The second kappa shape index (κ2) is 8.49. The topological polar surface area (TPSA) is 55.4 Å². The first-order chi connectivity index (χ1) is 12.2. The van der Waals surface area contributed by atoms with Gasteiger partial charge in [-0.1, -0.05) is 58.0 Å². The highest BCUT2D eigenvalue weighted by Crippen LogP contribution is 2.37. The molecular weight excluding hydrogens is 346 g/mol. The van der Waals surface area contributed by atoms with Crippen LogP contribution in [0.1, 0.15) is 67.8 Å². The summed E-state index contributed by atoms with van der Waals surface area (Å²) < 4.78 is 5.17. The molecule has 0 fully saturated rings. The molecule has 1 atom stereocenters. The van der Waals surface area contributed by atoms with Gasteiger partial charge < -0.3 is 10.1 Å². The molecule has 26 heavy (non-hydrogen) atoms. The molecule has 5 heteroatoms. The predicted molar refractivity (Wildman–Crippen MR) is 107 cm³/mol. The monoisotopic (exact) mass is 373 g/mol. The Morgan fingerprint density at radius 1 is 1.19 bits per heavy atom. The maximum Gasteiger partial charge on any atom is 0.341 e. The fourth-order valence-electron chi connectivity index (χ4n) is 2.64. The number of carbonyl (C=O) groups excluding carboxylic acids is 2. The summed E-state index contributed by atoms with van der Waals surface area (Å²) >= 11 is 1.44. The van der Waals surface area contributed by atoms with Gasteiger partial charge in [0.25, 0.3) is 0 Å². The van der Waals surface area contributed by atoms with Gasteiger partial charge in [0.15, 0.2) is 0 Å². The molecule has 1 heterocycles. The molecule has 0 saturated heterocycles. The van der Waals surface area contributed by atoms with Gasteiger partial charge in [-0.15, -0.1) is 11.3 Å². The van der Waals surface area contributed by atoms with E-state index >= 15 is 0 Å². The van der Waals surface area contributed by atoms with E-state index in [-0.39, 0.29) is 17.2 Å². The van der Waals surface area contributed by atoms with Crippen molar-refractivity contribution < 1.29 is 14.3 Å². The van der Waals surface area contributed by atoms with Crippen LogP contribution >= 0.6 is 11.3 Å². The number of anilines is 1. The molecule has 2 aromatic rings. The zero-order chi connectivity index (χ0) is 19.3. The van der Waals surface area contributed by atoms with Crippen LogP contribution in [0, 0.1) is 5.41 Å². The molecule has 1 N–H and O–H groups in total. The normalized spacial score (nSPS) is 12.5. The summed E-state index contributed by atoms with van der Waals surface area (Å²) in [6.07, 6.45) is 0.386. The van der Waals surface area contributed by atoms with Crippen molar-refractivity contribution in [3.63, 3.8) is 0 Å². The summed E-state index contributed by atoms with van der Waals surface area (Å²) in [4.78, 5) is 25.7. The SMILES string of the molecule is CCOC(=O)c1cc([C@@H](C)c2ccccc2)sc1NC(=O)CC(C)(C)C. The number of hydrogen-bond acceptors (Lipinski definition) is 4. The molecule has 1 amide bonds. The van der Waals surface area contributed by atoms with E-state index < -0.39 is 5.97 Å². The molecular formula is C21H27NO3S. The lowest BCUT2D eigenvalue weighted by molar-refractivity contribution is -0.117. The van der Waals surface area contributed by atoms with Gasteiger partial charge in [-0.2, -0.15) is 0 Å². The van der Waals surface area contributed by atoms with E-state index in [4.69, 9.17) is 4.74 Å². The van der Waals surface area contributed by atoms with Crippen LogP contribution < -0.4 is 5.32 Å². The van der Waals surface area contributed by atoms with E-state index in [1.807, 2.05) is 45.0 Å². The van der Waals surface area contributed by atoms with E-state index in [1.165, 1.54) is 11.3 Å². The standard InChI is InChI=1S/C21H27NO3S/c1-6-25-20(24)16-12-17(14(2)15-10-8-7-9-11-15)26-19(16)22-18(23)13-21(3,4)5/h7-12,14H,6,13H2,1-5H3,(H,22,23)/t14-/m0/s1. The number of esters is 1. The van der Waals surface area contributed by atoms with E-state index in [2.05, 4.69) is 24.4 Å². The van der Waals surface area contributed by atoms with Gasteiger partial charge in [-0.25, -0.2) is 4.79 Å². The second-order valence-electron chi connectivity index (χ2n) is 7.53. The number of hydrogen-bond donors (Lipinski definition) is 1. The van der Waals surface area contributed by atoms with Gasteiger partial charge in [-0.05, 0) is 24.0 Å². The average Bonchev–Trinajstić information content (AvgIpc) is 2.97. The smallest absolute Gasteiger partial charge is 0.341 e. The van der Waals surface area contributed by atoms with E-state index in [0.29, 0.717) is 23.6 Å². The molecule has 0 bridgehead atoms. The summed E-state index contributed by atoms with van der Waals surface area (Å²) in [5.41, 5.74) is 1.47. The summed E-state index contributed by atoms with van der Waals surface area (Å²) in [5.74, 6) is -0.368. The number of amides is 1. The van der Waals surface area contributed by atoms with E-state index in [0.717, 1.165) is 10.4 Å². The largest absolute Gasteiger partial charge is 0.462 e. The number of ether oxygens (including phenoxy) is 1. The van der Waals surface area contributed by atoms with Crippen molar-refractivity contribution in [2.45, 2.75) is 47.0 Å². The van der Waals surface area contributed by atoms with Gasteiger partial charge in [0.1, 0.15) is 5.00 Å². The van der Waals surface area contributed by atoms with Crippen LogP contribution in [0.5, 0.6) is 0 Å². The van der Waals surface area contributed by atoms with Crippen molar-refractivity contribution in [1.29, 1.82) is 0 Å². The first-order valence-electron chi connectivity index (χ1n) is 8.87. The predicted octanol–water partition coefficient (Wildman–Crippen LogP) is 5.45. The molecule has 1 aromatic carbocycles. The van der Waals surface area contributed by atoms with Crippen molar-refractivity contribution in [3.05, 3.63) is 52.4 Å². The highest BCUT2D eigenvalue weighted by molar-refractivity contribution is 7.16. The minimum atomic E-state index is -0.402. The lowest BCUT2D eigenvalue weighted by atomic mass is 9.92. The lowest BCUT2D eigenvalue weighted by Gasteiger charge is -2.17. The minimum Gasteiger partial charge on any atom is -0.462 e. The molecule has 2 rings (SSSR count). The number of thiophene rings is 1. The first-order valence-corrected chi connectivity index (χ1v) is 9.68. The Kier molecular flexibility index (Phi) is 6.59. The molecule has 0 unspecified atom stereocenters. The molecule has 1 aromatic heterocycles. The zero-order valence-corrected chi connectivity index (χ0v) is 16.9. The number of rotatable bonds is 6. The molecule has 4 nitrogen and oxygen atoms in total. The molecule has 0 spiro atoms. The van der Waals surface area contributed by atoms with Crippen molar-refractivity contribution >= 4 is 28.2 Å². The Labute approximate surface area is 159 Å². The van der Waals surface area contributed by atoms with Crippen LogP contribution in [0.4, 0.5) is 5.00 Å². The number of benzene rings is 1. The second-order valence-corrected chi connectivity index (χ2v) is 8.61. The number of carbonyl (C=O) groups is 2. The maximum atomic E-state index is 12.4. The Balaban J connectivity index is 2.31. The van der Waals surface area contributed by atoms with Crippen molar-refractivity contribution in [2.24, 2.45) is 5.41 Å². The van der Waals surface area contributed by atoms with Crippen molar-refractivity contribution in [2.75, 3.05) is 11.9 Å². The Bertz CT molecular complexity index is 759. The van der Waals surface area contributed by atoms with Crippen LogP contribution in [0.2, 0.25) is 0 Å². The Hall–Kier alpha value is -2.14. The van der Waals surface area contributed by atoms with Gasteiger partial charge in [0.2, 0.25) is 5.91 Å². The van der Waals surface area contributed by atoms with Crippen LogP contribution in [-0.4, -0.2) is 18.5 Å². The highest BCUT2D eigenvalue weighted by atomic mass is 32.1. The van der Waals surface area contributed by atoms with Crippen molar-refractivity contribution in [3.8, 4) is 0 Å². The summed E-state index contributed by atoms with van der Waals surface area (Å²) in [7, 11) is 0. The van der Waals surface area contributed by atoms with Gasteiger partial charge in [0, 0.05) is 17.2 Å². The zero-order valence-electron chi connectivity index (χ0n) is 16.1.